The maximum atomic E-state index is 13.4. The molecule has 0 spiro atoms. The van der Waals surface area contributed by atoms with Crippen molar-refractivity contribution in [2.45, 2.75) is 64.9 Å². The maximum absolute atomic E-state index is 13.4. The van der Waals surface area contributed by atoms with E-state index in [4.69, 9.17) is 9.47 Å². The number of rotatable bonds is 8. The first-order valence-corrected chi connectivity index (χ1v) is 10.7. The highest BCUT2D eigenvalue weighted by atomic mass is 16.5. The van der Waals surface area contributed by atoms with E-state index in [1.54, 1.807) is 0 Å². The molecule has 4 nitrogen and oxygen atoms in total. The van der Waals surface area contributed by atoms with Crippen LogP contribution in [0.2, 0.25) is 0 Å². The molecule has 0 unspecified atom stereocenters. The summed E-state index contributed by atoms with van der Waals surface area (Å²) in [6.45, 7) is 7.69. The van der Waals surface area contributed by atoms with E-state index in [2.05, 4.69) is 26.1 Å². The highest BCUT2D eigenvalue weighted by Gasteiger charge is 2.42. The molecule has 0 saturated heterocycles. The van der Waals surface area contributed by atoms with E-state index in [1.165, 1.54) is 0 Å². The molecule has 3 rings (SSSR count). The van der Waals surface area contributed by atoms with Crippen molar-refractivity contribution < 1.29 is 14.3 Å². The van der Waals surface area contributed by atoms with E-state index in [0.717, 1.165) is 60.7 Å². The van der Waals surface area contributed by atoms with Gasteiger partial charge in [-0.3, -0.25) is 4.79 Å². The van der Waals surface area contributed by atoms with Crippen molar-refractivity contribution in [2.75, 3.05) is 18.5 Å². The van der Waals surface area contributed by atoms with Crippen LogP contribution in [0.25, 0.3) is 10.8 Å². The number of ether oxygens (including phenoxy) is 2. The number of nitrogens with one attached hydrogen (secondary N) is 1. The Morgan fingerprint density at radius 1 is 1.11 bits per heavy atom. The molecule has 2 aromatic rings. The highest BCUT2D eigenvalue weighted by Crippen LogP contribution is 2.38. The zero-order valence-corrected chi connectivity index (χ0v) is 17.4. The van der Waals surface area contributed by atoms with Crippen molar-refractivity contribution in [1.29, 1.82) is 0 Å². The lowest BCUT2D eigenvalue weighted by Gasteiger charge is -2.38. The van der Waals surface area contributed by atoms with Crippen molar-refractivity contribution in [2.24, 2.45) is 5.92 Å². The smallest absolute Gasteiger partial charge is 0.256 e. The van der Waals surface area contributed by atoms with E-state index in [-0.39, 0.29) is 5.91 Å². The lowest BCUT2D eigenvalue weighted by molar-refractivity contribution is -0.148. The van der Waals surface area contributed by atoms with Gasteiger partial charge >= 0.3 is 0 Å². The molecule has 152 valence electrons. The fourth-order valence-corrected chi connectivity index (χ4v) is 4.16. The van der Waals surface area contributed by atoms with Gasteiger partial charge in [-0.05, 0) is 50.2 Å². The van der Waals surface area contributed by atoms with Crippen LogP contribution in [-0.2, 0) is 9.53 Å². The summed E-state index contributed by atoms with van der Waals surface area (Å²) in [6.07, 6.45) is 5.64. The summed E-state index contributed by atoms with van der Waals surface area (Å²) in [6, 6.07) is 12.0. The second-order valence-electron chi connectivity index (χ2n) is 8.00. The number of hydrogen-bond acceptors (Lipinski definition) is 3. The van der Waals surface area contributed by atoms with Crippen molar-refractivity contribution in [3.05, 3.63) is 36.4 Å². The van der Waals surface area contributed by atoms with Crippen LogP contribution < -0.4 is 10.1 Å². The molecule has 0 aliphatic heterocycles. The quantitative estimate of drug-likeness (QED) is 0.613. The molecule has 1 fully saturated rings. The van der Waals surface area contributed by atoms with Crippen molar-refractivity contribution in [3.63, 3.8) is 0 Å². The van der Waals surface area contributed by atoms with Crippen LogP contribution in [0.3, 0.4) is 0 Å². The molecule has 2 aromatic carbocycles. The van der Waals surface area contributed by atoms with Crippen molar-refractivity contribution in [1.82, 2.24) is 0 Å². The fourth-order valence-electron chi connectivity index (χ4n) is 4.16. The minimum Gasteiger partial charge on any atom is -0.493 e. The summed E-state index contributed by atoms with van der Waals surface area (Å²) < 4.78 is 12.1. The van der Waals surface area contributed by atoms with Gasteiger partial charge in [0.1, 0.15) is 11.4 Å². The van der Waals surface area contributed by atoms with Crippen LogP contribution in [0.5, 0.6) is 5.75 Å². The van der Waals surface area contributed by atoms with E-state index in [1.807, 2.05) is 36.4 Å². The Balaban J connectivity index is 1.89. The average Bonchev–Trinajstić information content (AvgIpc) is 2.71. The summed E-state index contributed by atoms with van der Waals surface area (Å²) in [5.74, 6) is 1.34. The molecule has 0 bridgehead atoms. The van der Waals surface area contributed by atoms with Crippen LogP contribution in [0.4, 0.5) is 5.69 Å². The Morgan fingerprint density at radius 3 is 2.57 bits per heavy atom. The zero-order valence-electron chi connectivity index (χ0n) is 17.4. The minimum atomic E-state index is -0.716. The first-order chi connectivity index (χ1) is 13.6. The summed E-state index contributed by atoms with van der Waals surface area (Å²) >= 11 is 0. The molecule has 0 heterocycles. The third-order valence-corrected chi connectivity index (χ3v) is 5.55. The van der Waals surface area contributed by atoms with Crippen LogP contribution in [0.1, 0.15) is 59.3 Å². The Labute approximate surface area is 168 Å². The number of anilines is 1. The van der Waals surface area contributed by atoms with Gasteiger partial charge in [-0.2, -0.15) is 0 Å². The van der Waals surface area contributed by atoms with Gasteiger partial charge in [0.2, 0.25) is 0 Å². The molecule has 0 radical (unpaired) electrons. The van der Waals surface area contributed by atoms with Gasteiger partial charge in [0, 0.05) is 23.1 Å². The lowest BCUT2D eigenvalue weighted by Crippen LogP contribution is -2.48. The third kappa shape index (κ3) is 4.49. The van der Waals surface area contributed by atoms with Gasteiger partial charge < -0.3 is 14.8 Å². The number of benzene rings is 2. The van der Waals surface area contributed by atoms with Crippen LogP contribution in [0.15, 0.2) is 36.4 Å². The molecule has 0 aromatic heterocycles. The van der Waals surface area contributed by atoms with Gasteiger partial charge in [0.05, 0.1) is 6.61 Å². The lowest BCUT2D eigenvalue weighted by atomic mass is 9.78. The van der Waals surface area contributed by atoms with Crippen LogP contribution in [0, 0.1) is 5.92 Å². The van der Waals surface area contributed by atoms with Gasteiger partial charge in [0.15, 0.2) is 0 Å². The fraction of sp³-hybridized carbons (Fsp3) is 0.542. The predicted molar refractivity (Wildman–Crippen MR) is 115 cm³/mol. The Morgan fingerprint density at radius 2 is 1.86 bits per heavy atom. The average molecular weight is 384 g/mol. The highest BCUT2D eigenvalue weighted by molar-refractivity contribution is 6.06. The number of carbonyl (C=O) groups is 1. The first kappa shape index (κ1) is 20.7. The number of hydrogen-bond donors (Lipinski definition) is 1. The molecule has 2 atom stereocenters. The monoisotopic (exact) mass is 383 g/mol. The van der Waals surface area contributed by atoms with Gasteiger partial charge in [-0.1, -0.05) is 51.5 Å². The van der Waals surface area contributed by atoms with E-state index >= 15 is 0 Å². The molecule has 1 aliphatic carbocycles. The number of amides is 1. The molecule has 1 saturated carbocycles. The molecule has 1 amide bonds. The van der Waals surface area contributed by atoms with Gasteiger partial charge in [0.25, 0.3) is 5.91 Å². The standard InChI is InChI=1S/C24H33NO3/c1-4-15-27-22-13-12-21(19-10-6-7-11-20(19)22)25-23(26)24(28-16-5-2)14-8-9-18(3)17-24/h6-7,10-13,18H,4-5,8-9,14-17H2,1-3H3,(H,25,26)/t18-,24+/m1/s1. The predicted octanol–water partition coefficient (Wildman–Crippen LogP) is 5.94. The minimum absolute atomic E-state index is 0.0140. The van der Waals surface area contributed by atoms with E-state index < -0.39 is 5.60 Å². The molecule has 28 heavy (non-hydrogen) atoms. The molecular formula is C24H33NO3. The van der Waals surface area contributed by atoms with Gasteiger partial charge in [-0.25, -0.2) is 0 Å². The largest absolute Gasteiger partial charge is 0.493 e. The zero-order chi connectivity index (χ0) is 20.0. The second kappa shape index (κ2) is 9.42. The number of fused-ring (bicyclic) bond motifs is 1. The topological polar surface area (TPSA) is 47.6 Å². The van der Waals surface area contributed by atoms with E-state index in [0.29, 0.717) is 19.1 Å². The summed E-state index contributed by atoms with van der Waals surface area (Å²) in [5, 5.41) is 5.21. The third-order valence-electron chi connectivity index (χ3n) is 5.55. The molecular weight excluding hydrogens is 350 g/mol. The Hall–Kier alpha value is -2.07. The second-order valence-corrected chi connectivity index (χ2v) is 8.00. The normalized spacial score (nSPS) is 22.2. The number of carbonyl (C=O) groups excluding carboxylic acids is 1. The summed E-state index contributed by atoms with van der Waals surface area (Å²) in [4.78, 5) is 13.4. The molecule has 1 N–H and O–H groups in total. The van der Waals surface area contributed by atoms with E-state index in [9.17, 15) is 4.79 Å². The van der Waals surface area contributed by atoms with Crippen LogP contribution >= 0.6 is 0 Å². The van der Waals surface area contributed by atoms with Crippen molar-refractivity contribution >= 4 is 22.4 Å². The van der Waals surface area contributed by atoms with Crippen LogP contribution in [-0.4, -0.2) is 24.7 Å². The Kier molecular flexibility index (Phi) is 6.95. The SMILES string of the molecule is CCCOc1ccc(NC(=O)[C@]2(OCCC)CCC[C@@H](C)C2)c2ccccc12. The maximum Gasteiger partial charge on any atom is 0.256 e. The van der Waals surface area contributed by atoms with Gasteiger partial charge in [-0.15, -0.1) is 0 Å². The summed E-state index contributed by atoms with van der Waals surface area (Å²) in [5.41, 5.74) is 0.105. The first-order valence-electron chi connectivity index (χ1n) is 10.7. The van der Waals surface area contributed by atoms with Crippen molar-refractivity contribution in [3.8, 4) is 5.75 Å². The Bertz CT molecular complexity index is 804. The molecule has 1 aliphatic rings. The molecule has 4 heteroatoms. The summed E-state index contributed by atoms with van der Waals surface area (Å²) in [7, 11) is 0.